The van der Waals surface area contributed by atoms with Gasteiger partial charge in [0.25, 0.3) is 0 Å². The molecule has 0 aromatic carbocycles. The Morgan fingerprint density at radius 2 is 2.25 bits per heavy atom. The highest BCUT2D eigenvalue weighted by molar-refractivity contribution is 5.96. The number of rotatable bonds is 1. The molecule has 12 heavy (non-hydrogen) atoms. The summed E-state index contributed by atoms with van der Waals surface area (Å²) in [5, 5.41) is 0. The highest BCUT2D eigenvalue weighted by atomic mass is 16.5. The SMILES string of the molecule is CC(=O)O[C@@H]1C[C@H]2C(=O)[C@H]3[C@@H]2[C@H]31. The van der Waals surface area contributed by atoms with Gasteiger partial charge in [0, 0.05) is 24.7 Å². The Kier molecular flexibility index (Phi) is 0.955. The van der Waals surface area contributed by atoms with E-state index in [9.17, 15) is 9.59 Å². The number of esters is 1. The summed E-state index contributed by atoms with van der Waals surface area (Å²) in [6.45, 7) is 1.43. The maximum absolute atomic E-state index is 11.2. The zero-order chi connectivity index (χ0) is 8.46. The summed E-state index contributed by atoms with van der Waals surface area (Å²) < 4.78 is 5.12. The highest BCUT2D eigenvalue weighted by Crippen LogP contribution is 2.71. The first-order valence-electron chi connectivity index (χ1n) is 4.41. The zero-order valence-corrected chi connectivity index (χ0v) is 6.82. The van der Waals surface area contributed by atoms with Crippen LogP contribution in [0.1, 0.15) is 13.3 Å². The van der Waals surface area contributed by atoms with Crippen LogP contribution in [-0.2, 0) is 14.3 Å². The van der Waals surface area contributed by atoms with E-state index in [1.54, 1.807) is 0 Å². The Bertz CT molecular complexity index is 283. The molecule has 3 rings (SSSR count). The van der Waals surface area contributed by atoms with E-state index >= 15 is 0 Å². The quantitative estimate of drug-likeness (QED) is 0.529. The number of hydrogen-bond donors (Lipinski definition) is 0. The van der Waals surface area contributed by atoms with Crippen LogP contribution in [0.5, 0.6) is 0 Å². The van der Waals surface area contributed by atoms with Crippen molar-refractivity contribution in [2.45, 2.75) is 19.4 Å². The predicted octanol–water partition coefficient (Wildman–Crippen LogP) is 0.383. The molecule has 3 aliphatic rings. The van der Waals surface area contributed by atoms with Crippen molar-refractivity contribution in [1.82, 2.24) is 0 Å². The molecule has 0 spiro atoms. The molecule has 3 nitrogen and oxygen atoms in total. The molecule has 64 valence electrons. The lowest BCUT2D eigenvalue weighted by Crippen LogP contribution is -2.35. The van der Waals surface area contributed by atoms with Crippen LogP contribution >= 0.6 is 0 Å². The third-order valence-corrected chi connectivity index (χ3v) is 3.52. The fraction of sp³-hybridized carbons (Fsp3) is 0.778. The minimum Gasteiger partial charge on any atom is -0.462 e. The average molecular weight is 166 g/mol. The van der Waals surface area contributed by atoms with Gasteiger partial charge in [-0.25, -0.2) is 0 Å². The van der Waals surface area contributed by atoms with E-state index in [0.717, 1.165) is 6.42 Å². The first kappa shape index (κ1) is 6.63. The van der Waals surface area contributed by atoms with Crippen molar-refractivity contribution in [3.8, 4) is 0 Å². The van der Waals surface area contributed by atoms with Crippen molar-refractivity contribution in [3.05, 3.63) is 0 Å². The fourth-order valence-electron chi connectivity index (χ4n) is 3.07. The molecule has 0 aromatic rings. The highest BCUT2D eigenvalue weighted by Gasteiger charge is 2.77. The van der Waals surface area contributed by atoms with Crippen molar-refractivity contribution >= 4 is 11.8 Å². The molecule has 3 fully saturated rings. The first-order chi connectivity index (χ1) is 5.70. The molecular formula is C9H10O3. The normalized spacial score (nSPS) is 52.8. The van der Waals surface area contributed by atoms with Gasteiger partial charge in [-0.3, -0.25) is 9.59 Å². The van der Waals surface area contributed by atoms with Crippen molar-refractivity contribution in [2.24, 2.45) is 23.7 Å². The van der Waals surface area contributed by atoms with Crippen LogP contribution in [0, 0.1) is 23.7 Å². The number of carbonyl (C=O) groups excluding carboxylic acids is 2. The molecule has 3 saturated carbocycles. The summed E-state index contributed by atoms with van der Waals surface area (Å²) in [5.41, 5.74) is 0. The molecule has 0 bridgehead atoms. The van der Waals surface area contributed by atoms with E-state index in [1.807, 2.05) is 0 Å². The van der Waals surface area contributed by atoms with Crippen LogP contribution in [0.2, 0.25) is 0 Å². The number of ether oxygens (including phenoxy) is 1. The van der Waals surface area contributed by atoms with Crippen LogP contribution in [0.25, 0.3) is 0 Å². The molecule has 0 N–H and O–H groups in total. The molecule has 3 heteroatoms. The molecule has 0 aromatic heterocycles. The Labute approximate surface area is 70.1 Å². The summed E-state index contributed by atoms with van der Waals surface area (Å²) >= 11 is 0. The van der Waals surface area contributed by atoms with E-state index in [-0.39, 0.29) is 23.9 Å². The molecule has 0 unspecified atom stereocenters. The standard InChI is InChI=1S/C9H10O3/c1-3(10)12-5-2-4-6-7(5)8(6)9(4)11/h4-8H,2H2,1H3/t4-,5-,6+,7-,8+/m1/s1. The van der Waals surface area contributed by atoms with E-state index in [4.69, 9.17) is 4.74 Å². The van der Waals surface area contributed by atoms with Gasteiger partial charge in [0.15, 0.2) is 0 Å². The Hall–Kier alpha value is -0.860. The second-order valence-corrected chi connectivity index (χ2v) is 4.07. The molecule has 0 heterocycles. The van der Waals surface area contributed by atoms with Crippen molar-refractivity contribution in [3.63, 3.8) is 0 Å². The molecule has 5 atom stereocenters. The molecule has 0 radical (unpaired) electrons. The summed E-state index contributed by atoms with van der Waals surface area (Å²) in [6, 6.07) is 0. The van der Waals surface area contributed by atoms with Gasteiger partial charge in [-0.1, -0.05) is 0 Å². The van der Waals surface area contributed by atoms with Gasteiger partial charge in [-0.2, -0.15) is 0 Å². The van der Waals surface area contributed by atoms with Crippen LogP contribution in [0.3, 0.4) is 0 Å². The van der Waals surface area contributed by atoms with E-state index < -0.39 is 0 Å². The molecule has 0 aliphatic heterocycles. The maximum Gasteiger partial charge on any atom is 0.302 e. The monoisotopic (exact) mass is 166 g/mol. The first-order valence-corrected chi connectivity index (χ1v) is 4.41. The zero-order valence-electron chi connectivity index (χ0n) is 6.82. The van der Waals surface area contributed by atoms with E-state index in [1.165, 1.54) is 6.92 Å². The number of hydrogen-bond acceptors (Lipinski definition) is 3. The van der Waals surface area contributed by atoms with Crippen LogP contribution in [0.15, 0.2) is 0 Å². The molecule has 0 amide bonds. The summed E-state index contributed by atoms with van der Waals surface area (Å²) in [6.07, 6.45) is 0.866. The van der Waals surface area contributed by atoms with Crippen molar-refractivity contribution < 1.29 is 14.3 Å². The number of Topliss-reactive ketones (excluding diaryl/α,β-unsaturated/α-hetero) is 1. The lowest BCUT2D eigenvalue weighted by molar-refractivity contribution is -0.150. The lowest BCUT2D eigenvalue weighted by atomic mass is 9.80. The third-order valence-electron chi connectivity index (χ3n) is 3.52. The largest absolute Gasteiger partial charge is 0.462 e. The van der Waals surface area contributed by atoms with Crippen molar-refractivity contribution in [2.75, 3.05) is 0 Å². The number of fused-ring (bicyclic) bond motifs is 1. The smallest absolute Gasteiger partial charge is 0.302 e. The van der Waals surface area contributed by atoms with E-state index in [0.29, 0.717) is 17.6 Å². The summed E-state index contributed by atoms with van der Waals surface area (Å²) in [7, 11) is 0. The van der Waals surface area contributed by atoms with E-state index in [2.05, 4.69) is 0 Å². The minimum atomic E-state index is -0.209. The average Bonchev–Trinajstić information content (AvgIpc) is 2.58. The fourth-order valence-corrected chi connectivity index (χ4v) is 3.07. The van der Waals surface area contributed by atoms with Gasteiger partial charge in [0.1, 0.15) is 11.9 Å². The summed E-state index contributed by atoms with van der Waals surface area (Å²) in [4.78, 5) is 21.8. The Morgan fingerprint density at radius 3 is 2.67 bits per heavy atom. The van der Waals surface area contributed by atoms with Gasteiger partial charge in [-0.15, -0.1) is 0 Å². The number of carbonyl (C=O) groups is 2. The van der Waals surface area contributed by atoms with Crippen LogP contribution in [-0.4, -0.2) is 17.9 Å². The molecule has 0 saturated heterocycles. The van der Waals surface area contributed by atoms with Crippen LogP contribution < -0.4 is 0 Å². The number of ketones is 1. The van der Waals surface area contributed by atoms with Gasteiger partial charge in [-0.05, 0) is 12.3 Å². The third kappa shape index (κ3) is 0.551. The summed E-state index contributed by atoms with van der Waals surface area (Å²) in [5.74, 6) is 1.76. The second-order valence-electron chi connectivity index (χ2n) is 4.07. The van der Waals surface area contributed by atoms with Crippen LogP contribution in [0.4, 0.5) is 0 Å². The Morgan fingerprint density at radius 1 is 1.50 bits per heavy atom. The Balaban J connectivity index is 1.73. The topological polar surface area (TPSA) is 43.4 Å². The maximum atomic E-state index is 11.2. The predicted molar refractivity (Wildman–Crippen MR) is 39.1 cm³/mol. The van der Waals surface area contributed by atoms with Gasteiger partial charge in [0.2, 0.25) is 0 Å². The minimum absolute atomic E-state index is 0.0696. The van der Waals surface area contributed by atoms with Gasteiger partial charge < -0.3 is 4.74 Å². The lowest BCUT2D eigenvalue weighted by Gasteiger charge is -2.26. The molecule has 3 aliphatic carbocycles. The van der Waals surface area contributed by atoms with Crippen molar-refractivity contribution in [1.29, 1.82) is 0 Å². The van der Waals surface area contributed by atoms with Gasteiger partial charge >= 0.3 is 5.97 Å². The van der Waals surface area contributed by atoms with Gasteiger partial charge in [0.05, 0.1) is 0 Å². The molecular weight excluding hydrogens is 156 g/mol. The second kappa shape index (κ2) is 1.73.